The van der Waals surface area contributed by atoms with E-state index in [-0.39, 0.29) is 0 Å². The first kappa shape index (κ1) is 12.0. The number of esters is 2. The second-order valence-corrected chi connectivity index (χ2v) is 4.57. The van der Waals surface area contributed by atoms with E-state index in [0.29, 0.717) is 22.6 Å². The van der Waals surface area contributed by atoms with Crippen molar-refractivity contribution in [2.75, 3.05) is 0 Å². The van der Waals surface area contributed by atoms with Crippen LogP contribution in [0.4, 0.5) is 0 Å². The van der Waals surface area contributed by atoms with Gasteiger partial charge in [-0.1, -0.05) is 0 Å². The molecule has 19 heavy (non-hydrogen) atoms. The highest BCUT2D eigenvalue weighted by Gasteiger charge is 2.44. The van der Waals surface area contributed by atoms with Crippen LogP contribution in [0.15, 0.2) is 22.6 Å². The fraction of sp³-hybridized carbons (Fsp3) is 0.250. The Bertz CT molecular complexity index is 676. The summed E-state index contributed by atoms with van der Waals surface area (Å²) >= 11 is 6.05. The van der Waals surface area contributed by atoms with Gasteiger partial charge in [0.2, 0.25) is 0 Å². The maximum atomic E-state index is 11.3. The van der Waals surface area contributed by atoms with E-state index in [1.807, 2.05) is 0 Å². The van der Waals surface area contributed by atoms with E-state index in [0.717, 1.165) is 0 Å². The van der Waals surface area contributed by atoms with Gasteiger partial charge in [-0.3, -0.25) is 9.59 Å². The number of aromatic nitrogens is 1. The number of nitrogens with zero attached hydrogens (tertiary/aromatic N) is 1. The first-order valence-corrected chi connectivity index (χ1v) is 5.84. The third-order valence-corrected chi connectivity index (χ3v) is 2.99. The van der Waals surface area contributed by atoms with E-state index in [4.69, 9.17) is 25.5 Å². The Morgan fingerprint density at radius 3 is 2.63 bits per heavy atom. The minimum atomic E-state index is -1.94. The fourth-order valence-electron chi connectivity index (χ4n) is 1.85. The monoisotopic (exact) mass is 281 g/mol. The van der Waals surface area contributed by atoms with E-state index in [1.165, 1.54) is 6.07 Å². The zero-order chi connectivity index (χ0) is 13.6. The third-order valence-electron chi connectivity index (χ3n) is 2.62. The minimum absolute atomic E-state index is 0.291. The molecule has 0 radical (unpaired) electrons. The predicted octanol–water partition coefficient (Wildman–Crippen LogP) is 1.98. The van der Waals surface area contributed by atoms with Crippen molar-refractivity contribution < 1.29 is 23.5 Å². The van der Waals surface area contributed by atoms with Crippen molar-refractivity contribution in [1.82, 2.24) is 4.98 Å². The van der Waals surface area contributed by atoms with Crippen molar-refractivity contribution in [1.29, 1.82) is 0 Å². The molecule has 0 bridgehead atoms. The third kappa shape index (κ3) is 2.04. The zero-order valence-electron chi connectivity index (χ0n) is 9.81. The summed E-state index contributed by atoms with van der Waals surface area (Å²) in [4.78, 5) is 26.7. The van der Waals surface area contributed by atoms with Gasteiger partial charge in [0.25, 0.3) is 0 Å². The smallest absolute Gasteiger partial charge is 0.365 e. The summed E-state index contributed by atoms with van der Waals surface area (Å²) in [6, 6.07) is 4.72. The van der Waals surface area contributed by atoms with Crippen molar-refractivity contribution in [2.45, 2.75) is 18.6 Å². The number of aryl methyl sites for hydroxylation is 1. The lowest BCUT2D eigenvalue weighted by molar-refractivity contribution is -0.219. The van der Waals surface area contributed by atoms with Crippen molar-refractivity contribution in [3.8, 4) is 0 Å². The number of oxazole rings is 1. The summed E-state index contributed by atoms with van der Waals surface area (Å²) in [5.41, 5.74) is 1.39. The summed E-state index contributed by atoms with van der Waals surface area (Å²) in [5.74, 6) is -0.978. The second-order valence-electron chi connectivity index (χ2n) is 4.08. The first-order valence-electron chi connectivity index (χ1n) is 5.46. The summed E-state index contributed by atoms with van der Waals surface area (Å²) in [6.45, 7) is 1.71. The molecular formula is C12H8ClNO5. The van der Waals surface area contributed by atoms with Crippen LogP contribution in [0.5, 0.6) is 0 Å². The van der Waals surface area contributed by atoms with Crippen LogP contribution in [0.25, 0.3) is 11.1 Å². The van der Waals surface area contributed by atoms with Gasteiger partial charge in [0.05, 0.1) is 5.56 Å². The molecule has 6 nitrogen and oxygen atoms in total. The number of benzene rings is 1. The molecule has 1 fully saturated rings. The number of alkyl halides is 1. The van der Waals surface area contributed by atoms with Gasteiger partial charge in [-0.25, -0.2) is 4.98 Å². The molecule has 1 saturated heterocycles. The van der Waals surface area contributed by atoms with E-state index in [1.54, 1.807) is 19.1 Å². The second kappa shape index (κ2) is 3.96. The molecular weight excluding hydrogens is 274 g/mol. The summed E-state index contributed by atoms with van der Waals surface area (Å²) in [7, 11) is 0. The van der Waals surface area contributed by atoms with Gasteiger partial charge in [0.1, 0.15) is 11.9 Å². The number of carbonyl (C=O) groups is 2. The molecule has 98 valence electrons. The Morgan fingerprint density at radius 1 is 1.26 bits per heavy atom. The lowest BCUT2D eigenvalue weighted by Gasteiger charge is -2.29. The van der Waals surface area contributed by atoms with E-state index >= 15 is 0 Å². The number of fused-ring (bicyclic) bond motifs is 1. The zero-order valence-corrected chi connectivity index (χ0v) is 10.6. The highest BCUT2D eigenvalue weighted by molar-refractivity contribution is 6.24. The molecule has 1 aromatic heterocycles. The summed E-state index contributed by atoms with van der Waals surface area (Å²) in [5, 5.41) is -1.94. The van der Waals surface area contributed by atoms with Crippen LogP contribution >= 0.6 is 11.6 Å². The van der Waals surface area contributed by atoms with Crippen LogP contribution in [-0.2, 0) is 24.3 Å². The summed E-state index contributed by atoms with van der Waals surface area (Å²) < 4.78 is 15.2. The van der Waals surface area contributed by atoms with Gasteiger partial charge in [-0.15, -0.1) is 0 Å². The number of halogens is 1. The molecule has 3 rings (SSSR count). The Hall–Kier alpha value is -2.08. The van der Waals surface area contributed by atoms with Crippen molar-refractivity contribution >= 4 is 34.6 Å². The number of carbonyl (C=O) groups excluding carboxylic acids is 2. The number of rotatable bonds is 1. The molecule has 0 spiro atoms. The summed E-state index contributed by atoms with van der Waals surface area (Å²) in [6.07, 6.45) is -0.446. The number of hydrogen-bond donors (Lipinski definition) is 0. The standard InChI is InChI=1S/C12H8ClNO5/c1-6-14-8-3-2-7(4-9(8)17-6)12(13)18-10(15)5-11(16)19-12/h2-4H,5H2,1H3. The molecule has 2 heterocycles. The van der Waals surface area contributed by atoms with Gasteiger partial charge < -0.3 is 13.9 Å². The molecule has 0 unspecified atom stereocenters. The van der Waals surface area contributed by atoms with Gasteiger partial charge in [0, 0.05) is 6.92 Å². The average Bonchev–Trinajstić information content (AvgIpc) is 2.65. The maximum absolute atomic E-state index is 11.3. The highest BCUT2D eigenvalue weighted by atomic mass is 35.5. The lowest BCUT2D eigenvalue weighted by atomic mass is 10.2. The first-order chi connectivity index (χ1) is 8.96. The topological polar surface area (TPSA) is 78.6 Å². The number of ether oxygens (including phenoxy) is 2. The quantitative estimate of drug-likeness (QED) is 0.452. The van der Waals surface area contributed by atoms with Gasteiger partial charge >= 0.3 is 17.2 Å². The van der Waals surface area contributed by atoms with E-state index < -0.39 is 23.6 Å². The molecule has 0 amide bonds. The molecule has 0 saturated carbocycles. The Kier molecular flexibility index (Phi) is 2.50. The normalized spacial score (nSPS) is 18.2. The van der Waals surface area contributed by atoms with E-state index in [2.05, 4.69) is 4.98 Å². The van der Waals surface area contributed by atoms with Crippen LogP contribution in [0, 0.1) is 6.92 Å². The van der Waals surface area contributed by atoms with Crippen LogP contribution < -0.4 is 0 Å². The molecule has 1 aliphatic heterocycles. The van der Waals surface area contributed by atoms with Gasteiger partial charge in [-0.2, -0.15) is 0 Å². The number of cyclic esters (lactones) is 2. The maximum Gasteiger partial charge on any atom is 0.365 e. The van der Waals surface area contributed by atoms with Crippen LogP contribution in [0.2, 0.25) is 0 Å². The molecule has 1 aromatic carbocycles. The Morgan fingerprint density at radius 2 is 1.95 bits per heavy atom. The van der Waals surface area contributed by atoms with Crippen LogP contribution in [0.3, 0.4) is 0 Å². The number of hydrogen-bond acceptors (Lipinski definition) is 6. The molecule has 7 heteroatoms. The Balaban J connectivity index is 2.06. The van der Waals surface area contributed by atoms with Crippen LogP contribution in [-0.4, -0.2) is 16.9 Å². The van der Waals surface area contributed by atoms with Crippen molar-refractivity contribution in [3.05, 3.63) is 29.7 Å². The fourth-order valence-corrected chi connectivity index (χ4v) is 2.14. The average molecular weight is 282 g/mol. The Labute approximate surface area is 112 Å². The minimum Gasteiger partial charge on any atom is -0.441 e. The molecule has 0 aliphatic carbocycles. The molecule has 0 atom stereocenters. The van der Waals surface area contributed by atoms with Crippen molar-refractivity contribution in [2.24, 2.45) is 0 Å². The van der Waals surface area contributed by atoms with E-state index in [9.17, 15) is 9.59 Å². The SMILES string of the molecule is Cc1nc2ccc(C3(Cl)OC(=O)CC(=O)O3)cc2o1. The molecule has 1 aliphatic rings. The van der Waals surface area contributed by atoms with Crippen molar-refractivity contribution in [3.63, 3.8) is 0 Å². The van der Waals surface area contributed by atoms with Gasteiger partial charge in [0.15, 0.2) is 11.5 Å². The molecule has 0 N–H and O–H groups in total. The highest BCUT2D eigenvalue weighted by Crippen LogP contribution is 2.37. The van der Waals surface area contributed by atoms with Crippen LogP contribution in [0.1, 0.15) is 17.9 Å². The molecule has 2 aromatic rings. The largest absolute Gasteiger partial charge is 0.441 e. The predicted molar refractivity (Wildman–Crippen MR) is 63.1 cm³/mol. The lowest BCUT2D eigenvalue weighted by Crippen LogP contribution is -2.38. The van der Waals surface area contributed by atoms with Gasteiger partial charge in [-0.05, 0) is 29.8 Å².